The van der Waals surface area contributed by atoms with Crippen LogP contribution in [0.5, 0.6) is 11.5 Å². The summed E-state index contributed by atoms with van der Waals surface area (Å²) in [6, 6.07) is 3.90. The van der Waals surface area contributed by atoms with Gasteiger partial charge in [-0.15, -0.1) is 0 Å². The topological polar surface area (TPSA) is 50.7 Å². The van der Waals surface area contributed by atoms with Gasteiger partial charge in [-0.05, 0) is 19.9 Å². The van der Waals surface area contributed by atoms with Gasteiger partial charge >= 0.3 is 0 Å². The number of hydrogen-bond donors (Lipinski definition) is 2. The zero-order valence-corrected chi connectivity index (χ0v) is 13.5. The second-order valence-corrected chi connectivity index (χ2v) is 6.17. The summed E-state index contributed by atoms with van der Waals surface area (Å²) < 4.78 is 11.1. The molecule has 0 saturated carbocycles. The van der Waals surface area contributed by atoms with E-state index in [-0.39, 0.29) is 6.61 Å². The first-order valence-electron chi connectivity index (χ1n) is 6.68. The van der Waals surface area contributed by atoms with Crippen molar-refractivity contribution < 1.29 is 14.6 Å². The zero-order valence-electron chi connectivity index (χ0n) is 12.8. The molecule has 0 aliphatic heterocycles. The molecule has 20 heavy (non-hydrogen) atoms. The number of ether oxygens (including phenoxy) is 2. The molecule has 0 amide bonds. The van der Waals surface area contributed by atoms with Gasteiger partial charge in [0.2, 0.25) is 0 Å². The average Bonchev–Trinajstić information content (AvgIpc) is 2.32. The van der Waals surface area contributed by atoms with E-state index < -0.39 is 5.60 Å². The molecule has 0 heterocycles. The molecule has 0 fully saturated rings. The maximum Gasteiger partial charge on any atom is 0.165 e. The number of nitrogens with one attached hydrogen (secondary N) is 1. The Hall–Kier alpha value is -0.970. The molecular weight excluding hydrogens is 278 g/mol. The largest absolute Gasteiger partial charge is 0.493 e. The Morgan fingerprint density at radius 2 is 2.00 bits per heavy atom. The maximum absolute atomic E-state index is 9.80. The van der Waals surface area contributed by atoms with Crippen LogP contribution in [0.25, 0.3) is 0 Å². The van der Waals surface area contributed by atoms with E-state index in [4.69, 9.17) is 21.1 Å². The Labute approximate surface area is 126 Å². The van der Waals surface area contributed by atoms with Gasteiger partial charge in [0.1, 0.15) is 6.61 Å². The lowest BCUT2D eigenvalue weighted by Crippen LogP contribution is -2.29. The van der Waals surface area contributed by atoms with Crippen molar-refractivity contribution in [1.29, 1.82) is 0 Å². The van der Waals surface area contributed by atoms with Crippen LogP contribution in [0.1, 0.15) is 33.3 Å². The summed E-state index contributed by atoms with van der Waals surface area (Å²) in [6.07, 6.45) is 0. The SMILES string of the molecule is COc1cc(Cl)cc(CNC(C)C)c1OCC(C)(C)O. The summed E-state index contributed by atoms with van der Waals surface area (Å²) in [6.45, 7) is 8.33. The smallest absolute Gasteiger partial charge is 0.165 e. The first-order valence-corrected chi connectivity index (χ1v) is 7.05. The monoisotopic (exact) mass is 301 g/mol. The van der Waals surface area contributed by atoms with Crippen molar-refractivity contribution in [2.75, 3.05) is 13.7 Å². The van der Waals surface area contributed by atoms with Crippen LogP contribution in [0.3, 0.4) is 0 Å². The Morgan fingerprint density at radius 1 is 1.35 bits per heavy atom. The van der Waals surface area contributed by atoms with Crippen molar-refractivity contribution in [2.45, 2.75) is 45.9 Å². The Morgan fingerprint density at radius 3 is 2.50 bits per heavy atom. The lowest BCUT2D eigenvalue weighted by molar-refractivity contribution is 0.0272. The fourth-order valence-electron chi connectivity index (χ4n) is 1.63. The highest BCUT2D eigenvalue weighted by Gasteiger charge is 2.18. The molecule has 0 aromatic heterocycles. The molecule has 1 aromatic rings. The Balaban J connectivity index is 3.02. The van der Waals surface area contributed by atoms with Crippen LogP contribution in [0.15, 0.2) is 12.1 Å². The predicted molar refractivity (Wildman–Crippen MR) is 81.8 cm³/mol. The molecule has 0 unspecified atom stereocenters. The van der Waals surface area contributed by atoms with Crippen molar-refractivity contribution in [3.05, 3.63) is 22.7 Å². The number of methoxy groups -OCH3 is 1. The highest BCUT2D eigenvalue weighted by atomic mass is 35.5. The minimum Gasteiger partial charge on any atom is -0.493 e. The van der Waals surface area contributed by atoms with Crippen molar-refractivity contribution >= 4 is 11.6 Å². The Kier molecular flexibility index (Phi) is 6.11. The number of benzene rings is 1. The van der Waals surface area contributed by atoms with E-state index in [0.29, 0.717) is 29.1 Å². The molecule has 0 spiro atoms. The van der Waals surface area contributed by atoms with Crippen LogP contribution in [-0.2, 0) is 6.54 Å². The molecular formula is C15H24ClNO3. The minimum absolute atomic E-state index is 0.180. The van der Waals surface area contributed by atoms with Crippen molar-refractivity contribution in [2.24, 2.45) is 0 Å². The molecule has 0 aliphatic carbocycles. The van der Waals surface area contributed by atoms with Gasteiger partial charge in [0, 0.05) is 29.2 Å². The van der Waals surface area contributed by atoms with Crippen LogP contribution in [-0.4, -0.2) is 30.5 Å². The third-order valence-corrected chi connectivity index (χ3v) is 2.81. The molecule has 4 nitrogen and oxygen atoms in total. The molecule has 0 saturated heterocycles. The van der Waals surface area contributed by atoms with Gasteiger partial charge in [-0.1, -0.05) is 25.4 Å². The van der Waals surface area contributed by atoms with E-state index in [9.17, 15) is 5.11 Å². The van der Waals surface area contributed by atoms with E-state index >= 15 is 0 Å². The fourth-order valence-corrected chi connectivity index (χ4v) is 1.86. The molecule has 0 bridgehead atoms. The second kappa shape index (κ2) is 7.16. The van der Waals surface area contributed by atoms with Gasteiger partial charge in [-0.2, -0.15) is 0 Å². The fraction of sp³-hybridized carbons (Fsp3) is 0.600. The van der Waals surface area contributed by atoms with Crippen LogP contribution in [0.2, 0.25) is 5.02 Å². The average molecular weight is 302 g/mol. The Bertz CT molecular complexity index is 441. The normalized spacial score (nSPS) is 11.8. The van der Waals surface area contributed by atoms with Crippen molar-refractivity contribution in [1.82, 2.24) is 5.32 Å². The number of rotatable bonds is 7. The first-order chi connectivity index (χ1) is 9.23. The van der Waals surface area contributed by atoms with E-state index in [1.165, 1.54) is 0 Å². The molecule has 0 aliphatic rings. The minimum atomic E-state index is -0.909. The first kappa shape index (κ1) is 17.1. The third kappa shape index (κ3) is 5.57. The van der Waals surface area contributed by atoms with Crippen LogP contribution in [0, 0.1) is 0 Å². The second-order valence-electron chi connectivity index (χ2n) is 5.73. The summed E-state index contributed by atoms with van der Waals surface area (Å²) in [7, 11) is 1.57. The molecule has 2 N–H and O–H groups in total. The molecule has 1 aromatic carbocycles. The number of halogens is 1. The van der Waals surface area contributed by atoms with Crippen LogP contribution < -0.4 is 14.8 Å². The van der Waals surface area contributed by atoms with Gasteiger partial charge in [-0.25, -0.2) is 0 Å². The van der Waals surface area contributed by atoms with E-state index in [0.717, 1.165) is 5.56 Å². The van der Waals surface area contributed by atoms with E-state index in [1.54, 1.807) is 27.0 Å². The molecule has 0 radical (unpaired) electrons. The van der Waals surface area contributed by atoms with Crippen molar-refractivity contribution in [3.63, 3.8) is 0 Å². The predicted octanol–water partition coefficient (Wildman–Crippen LogP) is 3.00. The molecule has 5 heteroatoms. The molecule has 1 rings (SSSR count). The van der Waals surface area contributed by atoms with Gasteiger partial charge in [0.15, 0.2) is 11.5 Å². The molecule has 0 atom stereocenters. The summed E-state index contributed by atoms with van der Waals surface area (Å²) in [5.41, 5.74) is 0.000206. The lowest BCUT2D eigenvalue weighted by Gasteiger charge is -2.22. The molecule has 114 valence electrons. The van der Waals surface area contributed by atoms with Crippen LogP contribution >= 0.6 is 11.6 Å². The summed E-state index contributed by atoms with van der Waals surface area (Å²) in [5, 5.41) is 13.7. The van der Waals surface area contributed by atoms with Gasteiger partial charge in [0.25, 0.3) is 0 Å². The quantitative estimate of drug-likeness (QED) is 0.813. The number of aliphatic hydroxyl groups is 1. The van der Waals surface area contributed by atoms with E-state index in [2.05, 4.69) is 19.2 Å². The van der Waals surface area contributed by atoms with Gasteiger partial charge in [0.05, 0.1) is 12.7 Å². The third-order valence-electron chi connectivity index (χ3n) is 2.59. The van der Waals surface area contributed by atoms with Gasteiger partial charge in [-0.3, -0.25) is 0 Å². The summed E-state index contributed by atoms with van der Waals surface area (Å²) in [5.74, 6) is 1.19. The summed E-state index contributed by atoms with van der Waals surface area (Å²) in [4.78, 5) is 0. The number of hydrogen-bond acceptors (Lipinski definition) is 4. The van der Waals surface area contributed by atoms with Crippen LogP contribution in [0.4, 0.5) is 0 Å². The lowest BCUT2D eigenvalue weighted by atomic mass is 10.1. The summed E-state index contributed by atoms with van der Waals surface area (Å²) >= 11 is 6.09. The van der Waals surface area contributed by atoms with E-state index in [1.807, 2.05) is 6.07 Å². The maximum atomic E-state index is 9.80. The van der Waals surface area contributed by atoms with Crippen molar-refractivity contribution in [3.8, 4) is 11.5 Å². The zero-order chi connectivity index (χ0) is 15.3. The van der Waals surface area contributed by atoms with Gasteiger partial charge < -0.3 is 19.9 Å². The highest BCUT2D eigenvalue weighted by Crippen LogP contribution is 2.35. The highest BCUT2D eigenvalue weighted by molar-refractivity contribution is 6.30. The standard InChI is InChI=1S/C15H24ClNO3/c1-10(2)17-8-11-6-12(16)7-13(19-5)14(11)20-9-15(3,4)18/h6-7,10,17-18H,8-9H2,1-5H3.